The number of nitrogens with zero attached hydrogens (tertiary/aromatic N) is 1. The molecule has 0 aromatic rings. The molecule has 1 atom stereocenters. The van der Waals surface area contributed by atoms with Crippen molar-refractivity contribution in [1.29, 1.82) is 0 Å². The fraction of sp³-hybridized carbons (Fsp3) is 0.923. The second-order valence-electron chi connectivity index (χ2n) is 4.73. The van der Waals surface area contributed by atoms with Gasteiger partial charge in [0.05, 0.1) is 0 Å². The van der Waals surface area contributed by atoms with Gasteiger partial charge in [-0.3, -0.25) is 4.79 Å². The zero-order valence-electron chi connectivity index (χ0n) is 10.5. The van der Waals surface area contributed by atoms with Gasteiger partial charge >= 0.3 is 0 Å². The predicted molar refractivity (Wildman–Crippen MR) is 63.7 cm³/mol. The highest BCUT2D eigenvalue weighted by molar-refractivity contribution is 5.78. The van der Waals surface area contributed by atoms with Gasteiger partial charge in [-0.15, -0.1) is 0 Å². The molecule has 0 aliphatic heterocycles. The van der Waals surface area contributed by atoms with Crippen LogP contribution in [-0.4, -0.2) is 23.4 Å². The molecule has 2 heteroatoms. The van der Waals surface area contributed by atoms with E-state index in [1.807, 2.05) is 6.92 Å². The third-order valence-corrected chi connectivity index (χ3v) is 3.67. The van der Waals surface area contributed by atoms with Crippen LogP contribution in [0.25, 0.3) is 0 Å². The van der Waals surface area contributed by atoms with Crippen molar-refractivity contribution in [1.82, 2.24) is 4.90 Å². The molecule has 1 unspecified atom stereocenters. The Bertz CT molecular complexity index is 197. The van der Waals surface area contributed by atoms with Gasteiger partial charge in [0, 0.05) is 18.5 Å². The lowest BCUT2D eigenvalue weighted by molar-refractivity contribution is -0.137. The number of amides is 1. The smallest absolute Gasteiger partial charge is 0.225 e. The van der Waals surface area contributed by atoms with Crippen molar-refractivity contribution >= 4 is 5.91 Å². The van der Waals surface area contributed by atoms with Gasteiger partial charge in [-0.1, -0.05) is 33.1 Å². The molecule has 1 rings (SSSR count). The van der Waals surface area contributed by atoms with E-state index in [0.717, 1.165) is 13.0 Å². The maximum absolute atomic E-state index is 12.1. The van der Waals surface area contributed by atoms with Crippen LogP contribution in [0.4, 0.5) is 0 Å². The quantitative estimate of drug-likeness (QED) is 0.699. The van der Waals surface area contributed by atoms with Gasteiger partial charge in [0.1, 0.15) is 0 Å². The zero-order valence-corrected chi connectivity index (χ0v) is 10.5. The van der Waals surface area contributed by atoms with E-state index >= 15 is 0 Å². The van der Waals surface area contributed by atoms with Crippen molar-refractivity contribution in [2.24, 2.45) is 5.92 Å². The van der Waals surface area contributed by atoms with Gasteiger partial charge in [-0.05, 0) is 26.2 Å². The lowest BCUT2D eigenvalue weighted by Gasteiger charge is -2.35. The van der Waals surface area contributed by atoms with Crippen molar-refractivity contribution in [2.45, 2.75) is 65.3 Å². The Morgan fingerprint density at radius 2 is 1.87 bits per heavy atom. The number of hydrogen-bond acceptors (Lipinski definition) is 1. The molecule has 88 valence electrons. The molecule has 1 aliphatic rings. The van der Waals surface area contributed by atoms with Crippen LogP contribution in [0, 0.1) is 5.92 Å². The van der Waals surface area contributed by atoms with Gasteiger partial charge in [0.25, 0.3) is 0 Å². The molecule has 1 amide bonds. The predicted octanol–water partition coefficient (Wildman–Crippen LogP) is 3.21. The number of carbonyl (C=O) groups excluding carboxylic acids is 1. The van der Waals surface area contributed by atoms with Gasteiger partial charge in [-0.25, -0.2) is 0 Å². The monoisotopic (exact) mass is 211 g/mol. The van der Waals surface area contributed by atoms with Crippen LogP contribution in [0.5, 0.6) is 0 Å². The molecule has 0 N–H and O–H groups in total. The minimum atomic E-state index is 0.201. The summed E-state index contributed by atoms with van der Waals surface area (Å²) in [5, 5.41) is 0. The molecule has 1 fully saturated rings. The Balaban J connectivity index is 2.56. The first-order valence-corrected chi connectivity index (χ1v) is 6.51. The van der Waals surface area contributed by atoms with Gasteiger partial charge in [0.2, 0.25) is 5.91 Å². The van der Waals surface area contributed by atoms with Crippen molar-refractivity contribution in [3.63, 3.8) is 0 Å². The molecule has 1 aliphatic carbocycles. The molecule has 0 saturated heterocycles. The van der Waals surface area contributed by atoms with E-state index in [2.05, 4.69) is 18.7 Å². The molecule has 1 saturated carbocycles. The van der Waals surface area contributed by atoms with Crippen LogP contribution in [0.2, 0.25) is 0 Å². The number of hydrogen-bond donors (Lipinski definition) is 0. The third-order valence-electron chi connectivity index (χ3n) is 3.67. The number of rotatable bonds is 4. The average Bonchev–Trinajstić information content (AvgIpc) is 2.30. The fourth-order valence-corrected chi connectivity index (χ4v) is 2.44. The van der Waals surface area contributed by atoms with E-state index in [-0.39, 0.29) is 5.92 Å². The Labute approximate surface area is 94.0 Å². The minimum Gasteiger partial charge on any atom is -0.340 e. The highest BCUT2D eigenvalue weighted by Gasteiger charge is 2.26. The van der Waals surface area contributed by atoms with Crippen LogP contribution < -0.4 is 0 Å². The van der Waals surface area contributed by atoms with E-state index in [9.17, 15) is 4.79 Å². The van der Waals surface area contributed by atoms with Crippen molar-refractivity contribution in [3.8, 4) is 0 Å². The summed E-state index contributed by atoms with van der Waals surface area (Å²) in [5.74, 6) is 0.568. The van der Waals surface area contributed by atoms with E-state index in [0.29, 0.717) is 11.9 Å². The van der Waals surface area contributed by atoms with Crippen LogP contribution in [0.1, 0.15) is 59.3 Å². The average molecular weight is 211 g/mol. The fourth-order valence-electron chi connectivity index (χ4n) is 2.44. The van der Waals surface area contributed by atoms with Crippen LogP contribution in [0.15, 0.2) is 0 Å². The Morgan fingerprint density at radius 3 is 2.33 bits per heavy atom. The Hall–Kier alpha value is -0.530. The largest absolute Gasteiger partial charge is 0.340 e. The lowest BCUT2D eigenvalue weighted by atomic mass is 9.93. The first kappa shape index (κ1) is 12.5. The first-order valence-electron chi connectivity index (χ1n) is 6.51. The second-order valence-corrected chi connectivity index (χ2v) is 4.73. The molecular weight excluding hydrogens is 186 g/mol. The van der Waals surface area contributed by atoms with Crippen molar-refractivity contribution in [2.75, 3.05) is 6.54 Å². The Kier molecular flexibility index (Phi) is 5.13. The highest BCUT2D eigenvalue weighted by Crippen LogP contribution is 2.24. The molecule has 0 spiro atoms. The summed E-state index contributed by atoms with van der Waals surface area (Å²) >= 11 is 0. The van der Waals surface area contributed by atoms with Gasteiger partial charge in [0.15, 0.2) is 0 Å². The van der Waals surface area contributed by atoms with Gasteiger partial charge in [-0.2, -0.15) is 0 Å². The molecule has 0 heterocycles. The van der Waals surface area contributed by atoms with Gasteiger partial charge < -0.3 is 4.90 Å². The van der Waals surface area contributed by atoms with E-state index in [1.165, 1.54) is 32.1 Å². The standard InChI is InChI=1S/C13H25NO/c1-4-11(3)13(15)14(5-2)12-9-7-6-8-10-12/h11-12H,4-10H2,1-3H3. The van der Waals surface area contributed by atoms with Crippen LogP contribution >= 0.6 is 0 Å². The molecule has 0 aromatic carbocycles. The highest BCUT2D eigenvalue weighted by atomic mass is 16.2. The summed E-state index contributed by atoms with van der Waals surface area (Å²) in [4.78, 5) is 14.2. The normalized spacial score (nSPS) is 19.9. The first-order chi connectivity index (χ1) is 7.20. The maximum Gasteiger partial charge on any atom is 0.225 e. The molecular formula is C13H25NO. The van der Waals surface area contributed by atoms with Crippen LogP contribution in [-0.2, 0) is 4.79 Å². The molecule has 0 aromatic heterocycles. The lowest BCUT2D eigenvalue weighted by Crippen LogP contribution is -2.43. The summed E-state index contributed by atoms with van der Waals surface area (Å²) in [7, 11) is 0. The maximum atomic E-state index is 12.1. The van der Waals surface area contributed by atoms with E-state index in [1.54, 1.807) is 0 Å². The summed E-state index contributed by atoms with van der Waals surface area (Å²) < 4.78 is 0. The second kappa shape index (κ2) is 6.14. The summed E-state index contributed by atoms with van der Waals surface area (Å²) in [6, 6.07) is 0.533. The summed E-state index contributed by atoms with van der Waals surface area (Å²) in [6.07, 6.45) is 7.35. The molecule has 0 bridgehead atoms. The zero-order chi connectivity index (χ0) is 11.3. The van der Waals surface area contributed by atoms with E-state index < -0.39 is 0 Å². The molecule has 0 radical (unpaired) electrons. The van der Waals surface area contributed by atoms with E-state index in [4.69, 9.17) is 0 Å². The third kappa shape index (κ3) is 3.22. The van der Waals surface area contributed by atoms with Crippen molar-refractivity contribution in [3.05, 3.63) is 0 Å². The topological polar surface area (TPSA) is 20.3 Å². The van der Waals surface area contributed by atoms with Crippen LogP contribution in [0.3, 0.4) is 0 Å². The number of carbonyl (C=O) groups is 1. The summed E-state index contributed by atoms with van der Waals surface area (Å²) in [5.41, 5.74) is 0. The van der Waals surface area contributed by atoms with Crippen molar-refractivity contribution < 1.29 is 4.79 Å². The summed E-state index contributed by atoms with van der Waals surface area (Å²) in [6.45, 7) is 7.13. The minimum absolute atomic E-state index is 0.201. The molecule has 2 nitrogen and oxygen atoms in total. The molecule has 15 heavy (non-hydrogen) atoms. The Morgan fingerprint density at radius 1 is 1.27 bits per heavy atom. The SMILES string of the molecule is CCC(C)C(=O)N(CC)C1CCCCC1.